The Balaban J connectivity index is 1.97. The van der Waals surface area contributed by atoms with E-state index in [2.05, 4.69) is 10.3 Å². The number of nitrogens with zero attached hydrogens (tertiary/aromatic N) is 1. The van der Waals surface area contributed by atoms with Crippen LogP contribution in [0.25, 0.3) is 9.88 Å². The first-order chi connectivity index (χ1) is 9.60. The summed E-state index contributed by atoms with van der Waals surface area (Å²) < 4.78 is 0. The van der Waals surface area contributed by atoms with Gasteiger partial charge in [-0.3, -0.25) is 4.79 Å². The number of carboxylic acid groups (broad SMARTS) is 1. The Labute approximate surface area is 124 Å². The van der Waals surface area contributed by atoms with E-state index < -0.39 is 12.0 Å². The topological polar surface area (TPSA) is 79.3 Å². The van der Waals surface area contributed by atoms with Gasteiger partial charge in [0.15, 0.2) is 0 Å². The van der Waals surface area contributed by atoms with Gasteiger partial charge in [0.2, 0.25) is 5.91 Å². The summed E-state index contributed by atoms with van der Waals surface area (Å²) in [6.07, 6.45) is 0.463. The quantitative estimate of drug-likeness (QED) is 0.858. The Morgan fingerprint density at radius 1 is 1.45 bits per heavy atom. The summed E-state index contributed by atoms with van der Waals surface area (Å²) >= 11 is 3.08. The van der Waals surface area contributed by atoms with Crippen LogP contribution in [0.2, 0.25) is 0 Å². The molecule has 106 valence electrons. The molecule has 2 rings (SSSR count). The van der Waals surface area contributed by atoms with Crippen molar-refractivity contribution in [2.24, 2.45) is 0 Å². The molecule has 0 bridgehead atoms. The van der Waals surface area contributed by atoms with Crippen LogP contribution in [0.4, 0.5) is 0 Å². The van der Waals surface area contributed by atoms with E-state index in [0.29, 0.717) is 12.1 Å². The molecule has 1 atom stereocenters. The van der Waals surface area contributed by atoms with Crippen LogP contribution in [0.5, 0.6) is 0 Å². The van der Waals surface area contributed by atoms with Gasteiger partial charge in [-0.25, -0.2) is 9.78 Å². The fourth-order valence-electron chi connectivity index (χ4n) is 1.65. The van der Waals surface area contributed by atoms with Crippen LogP contribution >= 0.6 is 22.7 Å². The third-order valence-electron chi connectivity index (χ3n) is 2.67. The van der Waals surface area contributed by atoms with Gasteiger partial charge in [0.1, 0.15) is 11.0 Å². The van der Waals surface area contributed by atoms with Crippen LogP contribution in [-0.4, -0.2) is 28.0 Å². The van der Waals surface area contributed by atoms with Gasteiger partial charge in [-0.05, 0) is 17.9 Å². The van der Waals surface area contributed by atoms with Crippen molar-refractivity contribution in [2.75, 3.05) is 0 Å². The summed E-state index contributed by atoms with van der Waals surface area (Å²) in [6.45, 7) is 1.72. The van der Waals surface area contributed by atoms with E-state index in [1.165, 1.54) is 11.3 Å². The molecule has 0 saturated heterocycles. The molecule has 0 saturated carbocycles. The Kier molecular flexibility index (Phi) is 4.86. The number of aliphatic carboxylic acids is 1. The molecule has 1 unspecified atom stereocenters. The van der Waals surface area contributed by atoms with E-state index in [-0.39, 0.29) is 12.3 Å². The first-order valence-electron chi connectivity index (χ1n) is 6.10. The molecule has 2 heterocycles. The third-order valence-corrected chi connectivity index (χ3v) is 4.60. The SMILES string of the molecule is CCC(NC(=O)Cc1csc(-c2cccs2)n1)C(=O)O. The molecule has 2 N–H and O–H groups in total. The second-order valence-electron chi connectivity index (χ2n) is 4.16. The highest BCUT2D eigenvalue weighted by Gasteiger charge is 2.18. The van der Waals surface area contributed by atoms with Gasteiger partial charge >= 0.3 is 5.97 Å². The summed E-state index contributed by atoms with van der Waals surface area (Å²) in [5, 5.41) is 16.1. The number of hydrogen-bond acceptors (Lipinski definition) is 5. The maximum absolute atomic E-state index is 11.8. The zero-order valence-corrected chi connectivity index (χ0v) is 12.5. The van der Waals surface area contributed by atoms with Gasteiger partial charge in [-0.1, -0.05) is 13.0 Å². The van der Waals surface area contributed by atoms with E-state index in [1.54, 1.807) is 18.3 Å². The third kappa shape index (κ3) is 3.64. The fraction of sp³-hybridized carbons (Fsp3) is 0.308. The Hall–Kier alpha value is -1.73. The van der Waals surface area contributed by atoms with Crippen molar-refractivity contribution in [1.29, 1.82) is 0 Å². The Morgan fingerprint density at radius 2 is 2.25 bits per heavy atom. The summed E-state index contributed by atoms with van der Waals surface area (Å²) in [6, 6.07) is 3.09. The molecule has 0 aliphatic heterocycles. The lowest BCUT2D eigenvalue weighted by molar-refractivity contribution is -0.141. The number of hydrogen-bond donors (Lipinski definition) is 2. The van der Waals surface area contributed by atoms with E-state index >= 15 is 0 Å². The Bertz CT molecular complexity index is 593. The van der Waals surface area contributed by atoms with E-state index in [1.807, 2.05) is 22.9 Å². The molecular weight excluding hydrogens is 296 g/mol. The maximum atomic E-state index is 11.8. The molecule has 2 aromatic rings. The second-order valence-corrected chi connectivity index (χ2v) is 5.97. The highest BCUT2D eigenvalue weighted by molar-refractivity contribution is 7.20. The number of rotatable bonds is 6. The monoisotopic (exact) mass is 310 g/mol. The standard InChI is InChI=1S/C13H14N2O3S2/c1-2-9(13(17)18)15-11(16)6-8-7-20-12(14-8)10-4-3-5-19-10/h3-5,7,9H,2,6H2,1H3,(H,15,16)(H,17,18). The average molecular weight is 310 g/mol. The minimum atomic E-state index is -1.02. The predicted molar refractivity (Wildman–Crippen MR) is 79.0 cm³/mol. The second kappa shape index (κ2) is 6.62. The summed E-state index contributed by atoms with van der Waals surface area (Å²) in [5.74, 6) is -1.33. The average Bonchev–Trinajstić information content (AvgIpc) is 3.05. The maximum Gasteiger partial charge on any atom is 0.326 e. The minimum Gasteiger partial charge on any atom is -0.480 e. The van der Waals surface area contributed by atoms with Crippen LogP contribution < -0.4 is 5.32 Å². The number of thiophene rings is 1. The molecule has 0 aliphatic carbocycles. The molecule has 5 nitrogen and oxygen atoms in total. The smallest absolute Gasteiger partial charge is 0.326 e. The number of carbonyl (C=O) groups is 2. The summed E-state index contributed by atoms with van der Waals surface area (Å²) in [5.41, 5.74) is 0.663. The lowest BCUT2D eigenvalue weighted by Crippen LogP contribution is -2.41. The molecule has 0 spiro atoms. The van der Waals surface area contributed by atoms with Crippen molar-refractivity contribution in [1.82, 2.24) is 10.3 Å². The molecule has 0 fully saturated rings. The number of aromatic nitrogens is 1. The lowest BCUT2D eigenvalue weighted by atomic mass is 10.2. The van der Waals surface area contributed by atoms with Crippen molar-refractivity contribution >= 4 is 34.6 Å². The van der Waals surface area contributed by atoms with Gasteiger partial charge in [0, 0.05) is 5.38 Å². The van der Waals surface area contributed by atoms with Gasteiger partial charge in [-0.15, -0.1) is 22.7 Å². The van der Waals surface area contributed by atoms with Crippen LogP contribution in [0, 0.1) is 0 Å². The normalized spacial score (nSPS) is 12.1. The lowest BCUT2D eigenvalue weighted by Gasteiger charge is -2.11. The van der Waals surface area contributed by atoms with Crippen LogP contribution in [0.1, 0.15) is 19.0 Å². The van der Waals surface area contributed by atoms with Gasteiger partial charge in [-0.2, -0.15) is 0 Å². The molecule has 0 aliphatic rings. The van der Waals surface area contributed by atoms with Gasteiger partial charge < -0.3 is 10.4 Å². The van der Waals surface area contributed by atoms with Crippen LogP contribution in [-0.2, 0) is 16.0 Å². The van der Waals surface area contributed by atoms with Crippen molar-refractivity contribution < 1.29 is 14.7 Å². The summed E-state index contributed by atoms with van der Waals surface area (Å²) in [7, 11) is 0. The predicted octanol–water partition coefficient (Wildman–Crippen LogP) is 2.39. The number of carboxylic acids is 1. The fourth-order valence-corrected chi connectivity index (χ4v) is 3.28. The molecule has 7 heteroatoms. The molecular formula is C13H14N2O3S2. The van der Waals surface area contributed by atoms with Gasteiger partial charge in [0.25, 0.3) is 0 Å². The molecule has 2 aromatic heterocycles. The molecule has 1 amide bonds. The van der Waals surface area contributed by atoms with E-state index in [9.17, 15) is 9.59 Å². The van der Waals surface area contributed by atoms with Crippen molar-refractivity contribution in [3.63, 3.8) is 0 Å². The largest absolute Gasteiger partial charge is 0.480 e. The highest BCUT2D eigenvalue weighted by atomic mass is 32.1. The summed E-state index contributed by atoms with van der Waals surface area (Å²) in [4.78, 5) is 28.1. The molecule has 0 radical (unpaired) electrons. The van der Waals surface area contributed by atoms with Crippen molar-refractivity contribution in [3.05, 3.63) is 28.6 Å². The Morgan fingerprint density at radius 3 is 2.85 bits per heavy atom. The van der Waals surface area contributed by atoms with Crippen molar-refractivity contribution in [3.8, 4) is 9.88 Å². The van der Waals surface area contributed by atoms with Crippen molar-refractivity contribution in [2.45, 2.75) is 25.8 Å². The zero-order chi connectivity index (χ0) is 14.5. The number of amides is 1. The number of carbonyl (C=O) groups excluding carboxylic acids is 1. The van der Waals surface area contributed by atoms with Crippen LogP contribution in [0.3, 0.4) is 0 Å². The molecule has 0 aromatic carbocycles. The van der Waals surface area contributed by atoms with E-state index in [0.717, 1.165) is 9.88 Å². The number of thiazole rings is 1. The van der Waals surface area contributed by atoms with E-state index in [4.69, 9.17) is 5.11 Å². The highest BCUT2D eigenvalue weighted by Crippen LogP contribution is 2.27. The van der Waals surface area contributed by atoms with Crippen LogP contribution in [0.15, 0.2) is 22.9 Å². The molecule has 20 heavy (non-hydrogen) atoms. The first-order valence-corrected chi connectivity index (χ1v) is 7.86. The number of nitrogens with one attached hydrogen (secondary N) is 1. The first kappa shape index (κ1) is 14.7. The zero-order valence-electron chi connectivity index (χ0n) is 10.8. The minimum absolute atomic E-state index is 0.103. The van der Waals surface area contributed by atoms with Gasteiger partial charge in [0.05, 0.1) is 17.0 Å².